The highest BCUT2D eigenvalue weighted by molar-refractivity contribution is 7.07. The van der Waals surface area contributed by atoms with E-state index in [4.69, 9.17) is 11.6 Å². The highest BCUT2D eigenvalue weighted by atomic mass is 35.5. The molecule has 0 spiro atoms. The maximum atomic E-state index is 11.9. The van der Waals surface area contributed by atoms with Gasteiger partial charge in [-0.3, -0.25) is 4.79 Å². The van der Waals surface area contributed by atoms with Crippen molar-refractivity contribution in [2.24, 2.45) is 0 Å². The topological polar surface area (TPSA) is 42.0 Å². The van der Waals surface area contributed by atoms with E-state index in [2.05, 4.69) is 10.3 Å². The minimum Gasteiger partial charge on any atom is -0.346 e. The van der Waals surface area contributed by atoms with E-state index in [9.17, 15) is 4.79 Å². The van der Waals surface area contributed by atoms with Crippen LogP contribution in [0.2, 0.25) is 5.02 Å². The average Bonchev–Trinajstić information content (AvgIpc) is 3.06. The Bertz CT molecular complexity index is 652. The van der Waals surface area contributed by atoms with Crippen molar-refractivity contribution in [1.29, 1.82) is 0 Å². The van der Waals surface area contributed by atoms with Crippen molar-refractivity contribution in [3.05, 3.63) is 57.0 Å². The maximum absolute atomic E-state index is 11.9. The van der Waals surface area contributed by atoms with Gasteiger partial charge < -0.3 is 5.32 Å². The summed E-state index contributed by atoms with van der Waals surface area (Å²) in [6.07, 6.45) is 5.13. The van der Waals surface area contributed by atoms with Gasteiger partial charge in [0.05, 0.1) is 17.2 Å². The maximum Gasteiger partial charge on any atom is 0.244 e. The molecule has 1 amide bonds. The Morgan fingerprint density at radius 1 is 1.50 bits per heavy atom. The van der Waals surface area contributed by atoms with E-state index < -0.39 is 0 Å². The molecule has 1 heterocycles. The van der Waals surface area contributed by atoms with E-state index in [-0.39, 0.29) is 11.9 Å². The molecule has 0 radical (unpaired) electrons. The first-order valence-corrected chi connectivity index (χ1v) is 7.69. The van der Waals surface area contributed by atoms with E-state index in [1.165, 1.54) is 28.5 Å². The van der Waals surface area contributed by atoms with Gasteiger partial charge in [0.1, 0.15) is 0 Å². The van der Waals surface area contributed by atoms with Crippen LogP contribution in [0, 0.1) is 0 Å². The number of hydrogen-bond donors (Lipinski definition) is 1. The van der Waals surface area contributed by atoms with Crippen LogP contribution in [0.5, 0.6) is 0 Å². The number of nitrogens with zero attached hydrogens (tertiary/aromatic N) is 1. The molecule has 5 heteroatoms. The normalized spacial score (nSPS) is 17.4. The number of fused-ring (bicyclic) bond motifs is 1. The van der Waals surface area contributed by atoms with Crippen LogP contribution in [0.25, 0.3) is 6.08 Å². The zero-order chi connectivity index (χ0) is 13.9. The lowest BCUT2D eigenvalue weighted by Crippen LogP contribution is -2.25. The van der Waals surface area contributed by atoms with E-state index in [1.54, 1.807) is 11.6 Å². The first kappa shape index (κ1) is 13.3. The molecule has 1 atom stereocenters. The molecule has 1 aromatic carbocycles. The van der Waals surface area contributed by atoms with Crippen molar-refractivity contribution in [3.8, 4) is 0 Å². The van der Waals surface area contributed by atoms with Gasteiger partial charge >= 0.3 is 0 Å². The number of thiazole rings is 1. The highest BCUT2D eigenvalue weighted by Crippen LogP contribution is 2.32. The number of aromatic nitrogens is 1. The van der Waals surface area contributed by atoms with E-state index >= 15 is 0 Å². The molecule has 1 aliphatic carbocycles. The van der Waals surface area contributed by atoms with Gasteiger partial charge in [-0.2, -0.15) is 0 Å². The van der Waals surface area contributed by atoms with Gasteiger partial charge in [0.2, 0.25) is 5.91 Å². The molecule has 2 aromatic rings. The Hall–Kier alpha value is -1.65. The fourth-order valence-electron chi connectivity index (χ4n) is 2.42. The molecule has 0 unspecified atom stereocenters. The Labute approximate surface area is 126 Å². The summed E-state index contributed by atoms with van der Waals surface area (Å²) in [5, 5.41) is 5.67. The Morgan fingerprint density at radius 2 is 2.40 bits per heavy atom. The molecule has 0 fully saturated rings. The van der Waals surface area contributed by atoms with Crippen molar-refractivity contribution in [2.45, 2.75) is 18.9 Å². The minimum atomic E-state index is -0.0919. The second kappa shape index (κ2) is 5.77. The third-order valence-electron chi connectivity index (χ3n) is 3.36. The molecule has 0 aliphatic heterocycles. The summed E-state index contributed by atoms with van der Waals surface area (Å²) >= 11 is 7.49. The second-order valence-corrected chi connectivity index (χ2v) is 5.84. The fraction of sp³-hybridized carbons (Fsp3) is 0.200. The van der Waals surface area contributed by atoms with Crippen molar-refractivity contribution < 1.29 is 4.79 Å². The zero-order valence-corrected chi connectivity index (χ0v) is 12.2. The monoisotopic (exact) mass is 304 g/mol. The van der Waals surface area contributed by atoms with Crippen molar-refractivity contribution in [1.82, 2.24) is 10.3 Å². The summed E-state index contributed by atoms with van der Waals surface area (Å²) in [6.45, 7) is 0. The molecule has 0 saturated carbocycles. The standard InChI is InChI=1S/C15H13ClN2OS/c16-11-2-4-13-10(7-11)1-5-14(13)18-15(19)6-3-12-8-20-9-17-12/h2-4,6-9,14H,1,5H2,(H,18,19)/b6-3+/t14-/m1/s1. The lowest BCUT2D eigenvalue weighted by molar-refractivity contribution is -0.117. The van der Waals surface area contributed by atoms with Crippen LogP contribution in [0.15, 0.2) is 35.2 Å². The summed E-state index contributed by atoms with van der Waals surface area (Å²) < 4.78 is 0. The molecule has 1 aliphatic rings. The number of aryl methyl sites for hydroxylation is 1. The van der Waals surface area contributed by atoms with Gasteiger partial charge in [0.25, 0.3) is 0 Å². The van der Waals surface area contributed by atoms with Crippen LogP contribution < -0.4 is 5.32 Å². The molecule has 1 N–H and O–H groups in total. The molecule has 102 valence electrons. The molecular weight excluding hydrogens is 292 g/mol. The Balaban J connectivity index is 1.66. The van der Waals surface area contributed by atoms with Crippen LogP contribution in [0.3, 0.4) is 0 Å². The van der Waals surface area contributed by atoms with Gasteiger partial charge in [-0.1, -0.05) is 17.7 Å². The number of nitrogens with one attached hydrogen (secondary N) is 1. The number of amides is 1. The molecular formula is C15H13ClN2OS. The summed E-state index contributed by atoms with van der Waals surface area (Å²) in [5.74, 6) is -0.0919. The van der Waals surface area contributed by atoms with Crippen LogP contribution in [-0.4, -0.2) is 10.9 Å². The number of carbonyl (C=O) groups is 1. The van der Waals surface area contributed by atoms with E-state index in [0.29, 0.717) is 0 Å². The van der Waals surface area contributed by atoms with Crippen molar-refractivity contribution in [3.63, 3.8) is 0 Å². The Morgan fingerprint density at radius 3 is 3.20 bits per heavy atom. The van der Waals surface area contributed by atoms with Gasteiger partial charge in [-0.05, 0) is 42.2 Å². The number of rotatable bonds is 3. The summed E-state index contributed by atoms with van der Waals surface area (Å²) in [6, 6.07) is 5.93. The SMILES string of the molecule is O=C(/C=C/c1cscn1)N[C@@H]1CCc2cc(Cl)ccc21. The van der Waals surface area contributed by atoms with Gasteiger partial charge in [0.15, 0.2) is 0 Å². The van der Waals surface area contributed by atoms with Crippen LogP contribution in [0.4, 0.5) is 0 Å². The van der Waals surface area contributed by atoms with E-state index in [0.717, 1.165) is 23.6 Å². The minimum absolute atomic E-state index is 0.0786. The summed E-state index contributed by atoms with van der Waals surface area (Å²) in [7, 11) is 0. The quantitative estimate of drug-likeness (QED) is 0.880. The molecule has 3 nitrogen and oxygen atoms in total. The molecule has 3 rings (SSSR count). The molecule has 20 heavy (non-hydrogen) atoms. The summed E-state index contributed by atoms with van der Waals surface area (Å²) in [4.78, 5) is 16.0. The van der Waals surface area contributed by atoms with E-state index in [1.807, 2.05) is 23.6 Å². The number of benzene rings is 1. The average molecular weight is 305 g/mol. The van der Waals surface area contributed by atoms with Crippen molar-refractivity contribution in [2.75, 3.05) is 0 Å². The number of hydrogen-bond acceptors (Lipinski definition) is 3. The Kier molecular flexibility index (Phi) is 3.85. The third-order valence-corrected chi connectivity index (χ3v) is 4.20. The molecule has 1 aromatic heterocycles. The van der Waals surface area contributed by atoms with Crippen LogP contribution in [0.1, 0.15) is 29.3 Å². The zero-order valence-electron chi connectivity index (χ0n) is 10.7. The van der Waals surface area contributed by atoms with Crippen LogP contribution in [-0.2, 0) is 11.2 Å². The first-order valence-electron chi connectivity index (χ1n) is 6.37. The van der Waals surface area contributed by atoms with Gasteiger partial charge in [-0.15, -0.1) is 11.3 Å². The largest absolute Gasteiger partial charge is 0.346 e. The van der Waals surface area contributed by atoms with Crippen LogP contribution >= 0.6 is 22.9 Å². The fourth-order valence-corrected chi connectivity index (χ4v) is 3.14. The first-order chi connectivity index (χ1) is 9.72. The lowest BCUT2D eigenvalue weighted by Gasteiger charge is -2.12. The van der Waals surface area contributed by atoms with Crippen molar-refractivity contribution >= 4 is 34.9 Å². The number of halogens is 1. The summed E-state index contributed by atoms with van der Waals surface area (Å²) in [5.41, 5.74) is 4.95. The molecule has 0 saturated heterocycles. The second-order valence-electron chi connectivity index (χ2n) is 4.69. The predicted octanol–water partition coefficient (Wildman–Crippen LogP) is 3.61. The highest BCUT2D eigenvalue weighted by Gasteiger charge is 2.23. The molecule has 0 bridgehead atoms. The smallest absolute Gasteiger partial charge is 0.244 e. The van der Waals surface area contributed by atoms with Gasteiger partial charge in [0, 0.05) is 16.5 Å². The number of carbonyl (C=O) groups excluding carboxylic acids is 1. The lowest BCUT2D eigenvalue weighted by atomic mass is 10.1. The third kappa shape index (κ3) is 2.92. The predicted molar refractivity (Wildman–Crippen MR) is 81.8 cm³/mol. The van der Waals surface area contributed by atoms with Gasteiger partial charge in [-0.25, -0.2) is 4.98 Å².